The van der Waals surface area contributed by atoms with E-state index in [0.717, 1.165) is 30.0 Å². The van der Waals surface area contributed by atoms with Crippen LogP contribution in [0.5, 0.6) is 0 Å². The molecular weight excluding hydrogens is 222 g/mol. The Bertz CT molecular complexity index is 393. The van der Waals surface area contributed by atoms with Gasteiger partial charge in [0.15, 0.2) is 0 Å². The van der Waals surface area contributed by atoms with Crippen molar-refractivity contribution in [3.63, 3.8) is 0 Å². The molecule has 4 aliphatic carbocycles. The van der Waals surface area contributed by atoms with Crippen molar-refractivity contribution < 1.29 is 0 Å². The van der Waals surface area contributed by atoms with Crippen LogP contribution in [0.15, 0.2) is 18.6 Å². The third kappa shape index (κ3) is 1.85. The number of rotatable bonds is 3. The highest BCUT2D eigenvalue weighted by Gasteiger charge is 2.50. The van der Waals surface area contributed by atoms with Crippen LogP contribution < -0.4 is 5.32 Å². The van der Waals surface area contributed by atoms with E-state index >= 15 is 0 Å². The SMILES string of the molecule is c1cc(CNC23CC4CC(CC(C4)C2)C3)ncn1. The third-order valence-electron chi connectivity index (χ3n) is 5.33. The molecule has 1 heterocycles. The van der Waals surface area contributed by atoms with Crippen LogP contribution in [0.1, 0.15) is 44.2 Å². The average Bonchev–Trinajstić information content (AvgIpc) is 2.36. The molecule has 0 aliphatic heterocycles. The summed E-state index contributed by atoms with van der Waals surface area (Å²) >= 11 is 0. The summed E-state index contributed by atoms with van der Waals surface area (Å²) < 4.78 is 0. The summed E-state index contributed by atoms with van der Waals surface area (Å²) in [5.41, 5.74) is 1.57. The van der Waals surface area contributed by atoms with E-state index in [1.807, 2.05) is 12.3 Å². The Labute approximate surface area is 108 Å². The van der Waals surface area contributed by atoms with Gasteiger partial charge in [-0.05, 0) is 62.3 Å². The molecule has 4 fully saturated rings. The minimum Gasteiger partial charge on any atom is -0.306 e. The molecule has 4 saturated carbocycles. The van der Waals surface area contributed by atoms with Crippen molar-refractivity contribution in [3.05, 3.63) is 24.3 Å². The summed E-state index contributed by atoms with van der Waals surface area (Å²) in [5, 5.41) is 3.85. The van der Waals surface area contributed by atoms with Crippen LogP contribution in [0.3, 0.4) is 0 Å². The molecule has 0 amide bonds. The number of aromatic nitrogens is 2. The van der Waals surface area contributed by atoms with Gasteiger partial charge >= 0.3 is 0 Å². The molecule has 0 atom stereocenters. The Kier molecular flexibility index (Phi) is 2.44. The van der Waals surface area contributed by atoms with Crippen molar-refractivity contribution in [2.24, 2.45) is 17.8 Å². The van der Waals surface area contributed by atoms with Crippen molar-refractivity contribution in [1.82, 2.24) is 15.3 Å². The van der Waals surface area contributed by atoms with Crippen molar-refractivity contribution in [3.8, 4) is 0 Å². The van der Waals surface area contributed by atoms with Crippen molar-refractivity contribution in [2.75, 3.05) is 0 Å². The maximum Gasteiger partial charge on any atom is 0.115 e. The van der Waals surface area contributed by atoms with Gasteiger partial charge < -0.3 is 5.32 Å². The fraction of sp³-hybridized carbons (Fsp3) is 0.733. The first-order chi connectivity index (χ1) is 8.81. The average molecular weight is 243 g/mol. The largest absolute Gasteiger partial charge is 0.306 e. The van der Waals surface area contributed by atoms with E-state index in [4.69, 9.17) is 0 Å². The maximum atomic E-state index is 4.32. The lowest BCUT2D eigenvalue weighted by molar-refractivity contribution is -0.0207. The van der Waals surface area contributed by atoms with Gasteiger partial charge in [0.05, 0.1) is 5.69 Å². The minimum absolute atomic E-state index is 0.444. The molecular formula is C15H21N3. The quantitative estimate of drug-likeness (QED) is 0.886. The molecule has 0 aromatic carbocycles. The summed E-state index contributed by atoms with van der Waals surface area (Å²) in [5.74, 6) is 3.03. The lowest BCUT2D eigenvalue weighted by Gasteiger charge is -2.57. The van der Waals surface area contributed by atoms with E-state index in [1.54, 1.807) is 6.33 Å². The molecule has 96 valence electrons. The molecule has 0 spiro atoms. The predicted molar refractivity (Wildman–Crippen MR) is 69.8 cm³/mol. The first-order valence-corrected chi connectivity index (χ1v) is 7.31. The van der Waals surface area contributed by atoms with E-state index in [2.05, 4.69) is 15.3 Å². The fourth-order valence-corrected chi connectivity index (χ4v) is 5.03. The van der Waals surface area contributed by atoms with E-state index in [1.165, 1.54) is 38.5 Å². The molecule has 18 heavy (non-hydrogen) atoms. The molecule has 1 N–H and O–H groups in total. The highest BCUT2D eigenvalue weighted by Crippen LogP contribution is 2.55. The molecule has 3 nitrogen and oxygen atoms in total. The van der Waals surface area contributed by atoms with Gasteiger partial charge in [-0.15, -0.1) is 0 Å². The lowest BCUT2D eigenvalue weighted by Crippen LogP contribution is -2.58. The topological polar surface area (TPSA) is 37.8 Å². The molecule has 1 aromatic heterocycles. The van der Waals surface area contributed by atoms with Crippen molar-refractivity contribution in [1.29, 1.82) is 0 Å². The van der Waals surface area contributed by atoms with Crippen LogP contribution in [0.4, 0.5) is 0 Å². The molecule has 1 aromatic rings. The summed E-state index contributed by atoms with van der Waals surface area (Å²) in [6, 6.07) is 2.02. The second-order valence-corrected chi connectivity index (χ2v) is 6.75. The van der Waals surface area contributed by atoms with Gasteiger partial charge in [0.25, 0.3) is 0 Å². The van der Waals surface area contributed by atoms with Gasteiger partial charge in [-0.2, -0.15) is 0 Å². The highest BCUT2D eigenvalue weighted by molar-refractivity contribution is 5.08. The van der Waals surface area contributed by atoms with Crippen LogP contribution in [0, 0.1) is 17.8 Å². The smallest absolute Gasteiger partial charge is 0.115 e. The van der Waals surface area contributed by atoms with Gasteiger partial charge in [0.1, 0.15) is 6.33 Å². The van der Waals surface area contributed by atoms with Crippen LogP contribution in [0.2, 0.25) is 0 Å². The van der Waals surface area contributed by atoms with E-state index in [0.29, 0.717) is 5.54 Å². The molecule has 5 rings (SSSR count). The Hall–Kier alpha value is -0.960. The van der Waals surface area contributed by atoms with Crippen LogP contribution in [-0.4, -0.2) is 15.5 Å². The van der Waals surface area contributed by atoms with Gasteiger partial charge in [-0.25, -0.2) is 9.97 Å². The number of hydrogen-bond donors (Lipinski definition) is 1. The Morgan fingerprint density at radius 1 is 1.11 bits per heavy atom. The molecule has 4 aliphatic rings. The second-order valence-electron chi connectivity index (χ2n) is 6.75. The standard InChI is InChI=1S/C15H21N3/c1-2-16-10-17-14(1)9-18-15-6-11-3-12(7-15)5-13(4-11)8-15/h1-2,10-13,18H,3-9H2. The monoisotopic (exact) mass is 243 g/mol. The summed E-state index contributed by atoms with van der Waals surface area (Å²) in [6.07, 6.45) is 12.2. The van der Waals surface area contributed by atoms with Crippen LogP contribution in [-0.2, 0) is 6.54 Å². The third-order valence-corrected chi connectivity index (χ3v) is 5.33. The summed E-state index contributed by atoms with van der Waals surface area (Å²) in [7, 11) is 0. The van der Waals surface area contributed by atoms with Gasteiger partial charge in [0, 0.05) is 18.3 Å². The molecule has 3 heteroatoms. The Morgan fingerprint density at radius 2 is 1.78 bits per heavy atom. The zero-order valence-electron chi connectivity index (χ0n) is 10.8. The van der Waals surface area contributed by atoms with E-state index < -0.39 is 0 Å². The molecule has 0 unspecified atom stereocenters. The zero-order chi connectivity index (χ0) is 12.0. The summed E-state index contributed by atoms with van der Waals surface area (Å²) in [6.45, 7) is 0.911. The van der Waals surface area contributed by atoms with E-state index in [-0.39, 0.29) is 0 Å². The van der Waals surface area contributed by atoms with Crippen molar-refractivity contribution in [2.45, 2.75) is 50.6 Å². The van der Waals surface area contributed by atoms with Crippen molar-refractivity contribution >= 4 is 0 Å². The Balaban J connectivity index is 1.48. The molecule has 0 saturated heterocycles. The minimum atomic E-state index is 0.444. The number of hydrogen-bond acceptors (Lipinski definition) is 3. The second kappa shape index (κ2) is 4.02. The summed E-state index contributed by atoms with van der Waals surface area (Å²) in [4.78, 5) is 8.30. The number of nitrogens with one attached hydrogen (secondary N) is 1. The molecule has 0 radical (unpaired) electrons. The maximum absolute atomic E-state index is 4.32. The fourth-order valence-electron chi connectivity index (χ4n) is 5.03. The first kappa shape index (κ1) is 10.9. The Morgan fingerprint density at radius 3 is 2.33 bits per heavy atom. The van der Waals surface area contributed by atoms with E-state index in [9.17, 15) is 0 Å². The normalized spacial score (nSPS) is 41.2. The van der Waals surface area contributed by atoms with Gasteiger partial charge in [0.2, 0.25) is 0 Å². The van der Waals surface area contributed by atoms with Crippen LogP contribution in [0.25, 0.3) is 0 Å². The first-order valence-electron chi connectivity index (χ1n) is 7.31. The lowest BCUT2D eigenvalue weighted by atomic mass is 9.53. The number of nitrogens with zero attached hydrogens (tertiary/aromatic N) is 2. The molecule has 4 bridgehead atoms. The highest BCUT2D eigenvalue weighted by atomic mass is 15.0. The zero-order valence-corrected chi connectivity index (χ0v) is 10.8. The van der Waals surface area contributed by atoms with Crippen LogP contribution >= 0.6 is 0 Å². The predicted octanol–water partition coefficient (Wildman–Crippen LogP) is 2.54. The van der Waals surface area contributed by atoms with Gasteiger partial charge in [-0.1, -0.05) is 0 Å². The van der Waals surface area contributed by atoms with Gasteiger partial charge in [-0.3, -0.25) is 0 Å².